The largest absolute Gasteiger partial charge is 0.494 e. The van der Waals surface area contributed by atoms with Gasteiger partial charge in [-0.25, -0.2) is 4.79 Å². The number of benzene rings is 2. The van der Waals surface area contributed by atoms with Crippen molar-refractivity contribution in [1.82, 2.24) is 4.90 Å². The minimum atomic E-state index is -0.199. The summed E-state index contributed by atoms with van der Waals surface area (Å²) in [6.07, 6.45) is 5.59. The number of urea groups is 1. The van der Waals surface area contributed by atoms with E-state index in [1.807, 2.05) is 35.2 Å². The van der Waals surface area contributed by atoms with Gasteiger partial charge in [-0.2, -0.15) is 0 Å². The van der Waals surface area contributed by atoms with Crippen LogP contribution >= 0.6 is 0 Å². The van der Waals surface area contributed by atoms with Gasteiger partial charge in [0.2, 0.25) is 0 Å². The maximum absolute atomic E-state index is 13.3. The lowest BCUT2D eigenvalue weighted by molar-refractivity contribution is -0.00847. The highest BCUT2D eigenvalue weighted by Crippen LogP contribution is 2.34. The third kappa shape index (κ3) is 10.0. The summed E-state index contributed by atoms with van der Waals surface area (Å²) in [6.45, 7) is 4.49. The van der Waals surface area contributed by atoms with Gasteiger partial charge in [0, 0.05) is 20.2 Å². The Bertz CT molecular complexity index is 837. The third-order valence-electron chi connectivity index (χ3n) is 5.52. The number of ether oxygens (including phenoxy) is 5. The van der Waals surface area contributed by atoms with Crippen LogP contribution in [0.25, 0.3) is 0 Å². The molecule has 0 heterocycles. The van der Waals surface area contributed by atoms with Gasteiger partial charge >= 0.3 is 6.03 Å². The van der Waals surface area contributed by atoms with Crippen molar-refractivity contribution in [1.29, 1.82) is 0 Å². The number of nitrogens with zero attached hydrogens (tertiary/aromatic N) is 1. The van der Waals surface area contributed by atoms with Crippen molar-refractivity contribution in [3.8, 4) is 17.2 Å². The fourth-order valence-electron chi connectivity index (χ4n) is 3.54. The Morgan fingerprint density at radius 1 is 0.886 bits per heavy atom. The fraction of sp³-hybridized carbons (Fsp3) is 0.519. The first-order valence-corrected chi connectivity index (χ1v) is 12.2. The predicted octanol–water partition coefficient (Wildman–Crippen LogP) is 5.71. The number of unbranched alkanes of at least 4 members (excludes halogenated alkanes) is 4. The molecule has 0 saturated carbocycles. The minimum Gasteiger partial charge on any atom is -0.494 e. The zero-order chi connectivity index (χ0) is 25.3. The van der Waals surface area contributed by atoms with Gasteiger partial charge < -0.3 is 33.9 Å². The lowest BCUT2D eigenvalue weighted by atomic mass is 10.1. The van der Waals surface area contributed by atoms with Crippen LogP contribution in [0.3, 0.4) is 0 Å². The van der Waals surface area contributed by atoms with E-state index >= 15 is 0 Å². The zero-order valence-electron chi connectivity index (χ0n) is 21.5. The standard InChI is InChI=1S/C27H40N2O6/c1-5-6-7-8-9-17-29(27(30)28-26-24(32-3)11-10-12-25(26)33-4)20-22-13-15-23(16-14-22)35-21-34-19-18-31-2/h10-16H,5-9,17-21H2,1-4H3,(H,28,30). The van der Waals surface area contributed by atoms with Crippen molar-refractivity contribution in [2.45, 2.75) is 45.6 Å². The Labute approximate surface area is 209 Å². The van der Waals surface area contributed by atoms with Gasteiger partial charge in [-0.1, -0.05) is 50.8 Å². The summed E-state index contributed by atoms with van der Waals surface area (Å²) < 4.78 is 26.8. The average Bonchev–Trinajstić information content (AvgIpc) is 2.88. The lowest BCUT2D eigenvalue weighted by Gasteiger charge is -2.24. The molecule has 35 heavy (non-hydrogen) atoms. The number of nitrogens with one attached hydrogen (secondary N) is 1. The predicted molar refractivity (Wildman–Crippen MR) is 137 cm³/mol. The molecule has 0 radical (unpaired) electrons. The molecule has 194 valence electrons. The number of carbonyl (C=O) groups excluding carboxylic acids is 1. The van der Waals surface area contributed by atoms with Crippen LogP contribution in [0.2, 0.25) is 0 Å². The van der Waals surface area contributed by atoms with Crippen LogP contribution in [-0.2, 0) is 16.0 Å². The minimum absolute atomic E-state index is 0.162. The Morgan fingerprint density at radius 2 is 1.57 bits per heavy atom. The van der Waals surface area contributed by atoms with Crippen molar-refractivity contribution in [3.05, 3.63) is 48.0 Å². The van der Waals surface area contributed by atoms with Crippen molar-refractivity contribution < 1.29 is 28.5 Å². The Morgan fingerprint density at radius 3 is 2.20 bits per heavy atom. The molecule has 0 aromatic heterocycles. The van der Waals surface area contributed by atoms with Crippen molar-refractivity contribution >= 4 is 11.7 Å². The Hall–Kier alpha value is -2.97. The molecule has 0 saturated heterocycles. The summed E-state index contributed by atoms with van der Waals surface area (Å²) in [5.41, 5.74) is 1.53. The molecule has 1 N–H and O–H groups in total. The first-order valence-electron chi connectivity index (χ1n) is 12.2. The highest BCUT2D eigenvalue weighted by atomic mass is 16.7. The molecule has 2 rings (SSSR count). The van der Waals surface area contributed by atoms with Gasteiger partial charge in [0.1, 0.15) is 22.9 Å². The molecule has 2 aromatic rings. The molecule has 0 aliphatic heterocycles. The molecule has 8 nitrogen and oxygen atoms in total. The molecule has 0 fully saturated rings. The normalized spacial score (nSPS) is 10.6. The maximum Gasteiger partial charge on any atom is 0.322 e. The molecular weight excluding hydrogens is 448 g/mol. The molecule has 0 aliphatic carbocycles. The third-order valence-corrected chi connectivity index (χ3v) is 5.52. The molecule has 0 aliphatic rings. The second kappa shape index (κ2) is 16.6. The smallest absolute Gasteiger partial charge is 0.322 e. The molecule has 2 aromatic carbocycles. The van der Waals surface area contributed by atoms with E-state index in [0.717, 1.165) is 18.4 Å². The van der Waals surface area contributed by atoms with Gasteiger partial charge in [-0.05, 0) is 36.2 Å². The van der Waals surface area contributed by atoms with Crippen LogP contribution in [0.5, 0.6) is 17.2 Å². The van der Waals surface area contributed by atoms with Gasteiger partial charge in [-0.15, -0.1) is 0 Å². The van der Waals surface area contributed by atoms with Crippen LogP contribution in [0.4, 0.5) is 10.5 Å². The van der Waals surface area contributed by atoms with E-state index in [1.165, 1.54) is 19.3 Å². The Kier molecular flexibility index (Phi) is 13.4. The van der Waals surface area contributed by atoms with E-state index < -0.39 is 0 Å². The second-order valence-electron chi connectivity index (χ2n) is 8.11. The summed E-state index contributed by atoms with van der Waals surface area (Å²) >= 11 is 0. The van der Waals surface area contributed by atoms with Crippen LogP contribution < -0.4 is 19.5 Å². The van der Waals surface area contributed by atoms with Crippen LogP contribution in [0, 0.1) is 0 Å². The fourth-order valence-corrected chi connectivity index (χ4v) is 3.54. The topological polar surface area (TPSA) is 78.5 Å². The Balaban J connectivity index is 2.05. The zero-order valence-corrected chi connectivity index (χ0v) is 21.5. The summed E-state index contributed by atoms with van der Waals surface area (Å²) in [6, 6.07) is 12.9. The maximum atomic E-state index is 13.3. The number of rotatable bonds is 17. The molecule has 0 bridgehead atoms. The average molecular weight is 489 g/mol. The number of hydrogen-bond acceptors (Lipinski definition) is 6. The second-order valence-corrected chi connectivity index (χ2v) is 8.11. The number of anilines is 1. The molecule has 8 heteroatoms. The monoisotopic (exact) mass is 488 g/mol. The van der Waals surface area contributed by atoms with Crippen molar-refractivity contribution in [3.63, 3.8) is 0 Å². The first-order chi connectivity index (χ1) is 17.1. The quantitative estimate of drug-likeness (QED) is 0.227. The number of amides is 2. The molecular formula is C27H40N2O6. The van der Waals surface area contributed by atoms with E-state index in [-0.39, 0.29) is 12.8 Å². The van der Waals surface area contributed by atoms with Gasteiger partial charge in [0.15, 0.2) is 6.79 Å². The van der Waals surface area contributed by atoms with E-state index in [9.17, 15) is 4.79 Å². The van der Waals surface area contributed by atoms with Crippen LogP contribution in [0.15, 0.2) is 42.5 Å². The number of para-hydroxylation sites is 1. The summed E-state index contributed by atoms with van der Waals surface area (Å²) in [4.78, 5) is 15.1. The van der Waals surface area contributed by atoms with Gasteiger partial charge in [-0.3, -0.25) is 0 Å². The number of carbonyl (C=O) groups is 1. The summed E-state index contributed by atoms with van der Waals surface area (Å²) in [7, 11) is 4.77. The highest BCUT2D eigenvalue weighted by Gasteiger charge is 2.19. The summed E-state index contributed by atoms with van der Waals surface area (Å²) in [5.74, 6) is 1.81. The van der Waals surface area contributed by atoms with E-state index in [4.69, 9.17) is 23.7 Å². The number of methoxy groups -OCH3 is 3. The molecule has 0 atom stereocenters. The highest BCUT2D eigenvalue weighted by molar-refractivity contribution is 5.93. The van der Waals surface area contributed by atoms with Crippen LogP contribution in [-0.4, -0.2) is 58.8 Å². The van der Waals surface area contributed by atoms with Gasteiger partial charge in [0.25, 0.3) is 0 Å². The SMILES string of the molecule is CCCCCCCN(Cc1ccc(OCOCCOC)cc1)C(=O)Nc1c(OC)cccc1OC. The molecule has 2 amide bonds. The van der Waals surface area contributed by atoms with Crippen molar-refractivity contribution in [2.24, 2.45) is 0 Å². The summed E-state index contributed by atoms with van der Waals surface area (Å²) in [5, 5.41) is 2.99. The van der Waals surface area contributed by atoms with Crippen molar-refractivity contribution in [2.75, 3.05) is 53.2 Å². The van der Waals surface area contributed by atoms with Gasteiger partial charge in [0.05, 0.1) is 27.4 Å². The number of hydrogen-bond donors (Lipinski definition) is 1. The first kappa shape index (κ1) is 28.3. The molecule has 0 spiro atoms. The van der Waals surface area contributed by atoms with Crippen LogP contribution in [0.1, 0.15) is 44.6 Å². The van der Waals surface area contributed by atoms with E-state index in [1.54, 1.807) is 33.5 Å². The van der Waals surface area contributed by atoms with E-state index in [0.29, 0.717) is 49.2 Å². The van der Waals surface area contributed by atoms with E-state index in [2.05, 4.69) is 12.2 Å². The molecule has 0 unspecified atom stereocenters. The lowest BCUT2D eigenvalue weighted by Crippen LogP contribution is -2.35.